The molecule has 0 saturated heterocycles. The Kier molecular flexibility index (Phi) is 3.76. The average molecular weight is 276 g/mol. The number of carbonyl (C=O) groups excluding carboxylic acids is 1. The van der Waals surface area contributed by atoms with Gasteiger partial charge in [0.1, 0.15) is 5.75 Å². The third-order valence-electron chi connectivity index (χ3n) is 2.84. The zero-order chi connectivity index (χ0) is 14.0. The van der Waals surface area contributed by atoms with Crippen LogP contribution < -0.4 is 5.32 Å². The Morgan fingerprint density at radius 2 is 1.79 bits per heavy atom. The fourth-order valence-corrected chi connectivity index (χ4v) is 2.14. The molecule has 0 atom stereocenters. The van der Waals surface area contributed by atoms with Crippen molar-refractivity contribution in [3.63, 3.8) is 0 Å². The molecular formula is C15H14ClNO2. The van der Waals surface area contributed by atoms with Crippen LogP contribution in [-0.2, 0) is 0 Å². The van der Waals surface area contributed by atoms with Gasteiger partial charge in [-0.1, -0.05) is 17.7 Å². The zero-order valence-electron chi connectivity index (χ0n) is 10.7. The lowest BCUT2D eigenvalue weighted by Crippen LogP contribution is -2.13. The summed E-state index contributed by atoms with van der Waals surface area (Å²) in [5.41, 5.74) is 2.84. The molecule has 0 aliphatic rings. The summed E-state index contributed by atoms with van der Waals surface area (Å²) >= 11 is 5.86. The summed E-state index contributed by atoms with van der Waals surface area (Å²) in [6.45, 7) is 3.67. The SMILES string of the molecule is Cc1cc(O)cc(C)c1NC(=O)c1cccc(Cl)c1. The molecule has 4 heteroatoms. The first-order valence-corrected chi connectivity index (χ1v) is 6.22. The van der Waals surface area contributed by atoms with E-state index in [0.717, 1.165) is 11.1 Å². The van der Waals surface area contributed by atoms with Crippen LogP contribution in [-0.4, -0.2) is 11.0 Å². The van der Waals surface area contributed by atoms with Crippen LogP contribution in [0.2, 0.25) is 5.02 Å². The van der Waals surface area contributed by atoms with Crippen molar-refractivity contribution < 1.29 is 9.90 Å². The van der Waals surface area contributed by atoms with Crippen LogP contribution in [0.4, 0.5) is 5.69 Å². The Bertz CT molecular complexity index is 615. The van der Waals surface area contributed by atoms with Crippen molar-refractivity contribution in [3.8, 4) is 5.75 Å². The zero-order valence-corrected chi connectivity index (χ0v) is 11.5. The highest BCUT2D eigenvalue weighted by molar-refractivity contribution is 6.31. The Labute approximate surface area is 116 Å². The maximum atomic E-state index is 12.1. The number of benzene rings is 2. The van der Waals surface area contributed by atoms with Crippen molar-refractivity contribution in [1.82, 2.24) is 0 Å². The van der Waals surface area contributed by atoms with Crippen molar-refractivity contribution in [3.05, 3.63) is 58.1 Å². The van der Waals surface area contributed by atoms with E-state index >= 15 is 0 Å². The molecule has 0 spiro atoms. The van der Waals surface area contributed by atoms with Crippen LogP contribution in [0.1, 0.15) is 21.5 Å². The number of nitrogens with one attached hydrogen (secondary N) is 1. The maximum Gasteiger partial charge on any atom is 0.255 e. The highest BCUT2D eigenvalue weighted by Crippen LogP contribution is 2.26. The van der Waals surface area contributed by atoms with E-state index in [9.17, 15) is 9.90 Å². The van der Waals surface area contributed by atoms with E-state index in [1.54, 1.807) is 36.4 Å². The topological polar surface area (TPSA) is 49.3 Å². The van der Waals surface area contributed by atoms with E-state index in [-0.39, 0.29) is 11.7 Å². The molecular weight excluding hydrogens is 262 g/mol. The second kappa shape index (κ2) is 5.33. The number of halogens is 1. The van der Waals surface area contributed by atoms with E-state index in [4.69, 9.17) is 11.6 Å². The van der Waals surface area contributed by atoms with Crippen LogP contribution in [0.3, 0.4) is 0 Å². The predicted octanol–water partition coefficient (Wildman–Crippen LogP) is 3.91. The van der Waals surface area contributed by atoms with Gasteiger partial charge in [-0.05, 0) is 55.3 Å². The highest BCUT2D eigenvalue weighted by atomic mass is 35.5. The number of phenols is 1. The van der Waals surface area contributed by atoms with Crippen LogP contribution >= 0.6 is 11.6 Å². The minimum absolute atomic E-state index is 0.191. The predicted molar refractivity (Wildman–Crippen MR) is 77.0 cm³/mol. The van der Waals surface area contributed by atoms with Gasteiger partial charge < -0.3 is 10.4 Å². The molecule has 2 aromatic carbocycles. The quantitative estimate of drug-likeness (QED) is 0.816. The second-order valence-corrected chi connectivity index (χ2v) is 4.86. The van der Waals surface area contributed by atoms with Crippen LogP contribution in [0, 0.1) is 13.8 Å². The van der Waals surface area contributed by atoms with Gasteiger partial charge in [0.25, 0.3) is 5.91 Å². The first-order chi connectivity index (χ1) is 8.97. The van der Waals surface area contributed by atoms with Gasteiger partial charge in [-0.25, -0.2) is 0 Å². The third-order valence-corrected chi connectivity index (χ3v) is 3.08. The number of phenolic OH excluding ortho intramolecular Hbond substituents is 1. The molecule has 2 rings (SSSR count). The molecule has 0 heterocycles. The van der Waals surface area contributed by atoms with E-state index in [0.29, 0.717) is 16.3 Å². The largest absolute Gasteiger partial charge is 0.508 e. The smallest absolute Gasteiger partial charge is 0.255 e. The molecule has 0 fully saturated rings. The van der Waals surface area contributed by atoms with E-state index in [1.807, 2.05) is 13.8 Å². The fourth-order valence-electron chi connectivity index (χ4n) is 1.95. The first kappa shape index (κ1) is 13.4. The molecule has 2 aromatic rings. The molecule has 0 aliphatic heterocycles. The lowest BCUT2D eigenvalue weighted by molar-refractivity contribution is 0.102. The Morgan fingerprint density at radius 1 is 1.16 bits per heavy atom. The van der Waals surface area contributed by atoms with E-state index in [1.165, 1.54) is 0 Å². The van der Waals surface area contributed by atoms with Crippen molar-refractivity contribution >= 4 is 23.2 Å². The summed E-state index contributed by atoms with van der Waals surface area (Å²) in [6.07, 6.45) is 0. The van der Waals surface area contributed by atoms with Crippen molar-refractivity contribution in [2.24, 2.45) is 0 Å². The summed E-state index contributed by atoms with van der Waals surface area (Å²) in [4.78, 5) is 12.1. The average Bonchev–Trinajstić information content (AvgIpc) is 2.33. The Hall–Kier alpha value is -2.00. The molecule has 0 bridgehead atoms. The van der Waals surface area contributed by atoms with Crippen molar-refractivity contribution in [2.45, 2.75) is 13.8 Å². The van der Waals surface area contributed by atoms with Crippen LogP contribution in [0.15, 0.2) is 36.4 Å². The molecule has 3 nitrogen and oxygen atoms in total. The molecule has 0 saturated carbocycles. The number of aromatic hydroxyl groups is 1. The molecule has 2 N–H and O–H groups in total. The summed E-state index contributed by atoms with van der Waals surface area (Å²) in [6, 6.07) is 9.98. The lowest BCUT2D eigenvalue weighted by atomic mass is 10.1. The summed E-state index contributed by atoms with van der Waals surface area (Å²) in [5, 5.41) is 12.8. The molecule has 0 radical (unpaired) electrons. The number of hydrogen-bond acceptors (Lipinski definition) is 2. The summed E-state index contributed by atoms with van der Waals surface area (Å²) in [5.74, 6) is -0.0323. The monoisotopic (exact) mass is 275 g/mol. The fraction of sp³-hybridized carbons (Fsp3) is 0.133. The van der Waals surface area contributed by atoms with Gasteiger partial charge in [-0.15, -0.1) is 0 Å². The van der Waals surface area contributed by atoms with Gasteiger partial charge in [0, 0.05) is 16.3 Å². The molecule has 98 valence electrons. The number of rotatable bonds is 2. The van der Waals surface area contributed by atoms with Gasteiger partial charge >= 0.3 is 0 Å². The number of carbonyl (C=O) groups is 1. The third kappa shape index (κ3) is 3.06. The first-order valence-electron chi connectivity index (χ1n) is 5.84. The number of hydrogen-bond donors (Lipinski definition) is 2. The summed E-state index contributed by atoms with van der Waals surface area (Å²) < 4.78 is 0. The molecule has 0 unspecified atom stereocenters. The Morgan fingerprint density at radius 3 is 2.37 bits per heavy atom. The van der Waals surface area contributed by atoms with Crippen LogP contribution in [0.25, 0.3) is 0 Å². The maximum absolute atomic E-state index is 12.1. The van der Waals surface area contributed by atoms with Gasteiger partial charge in [-0.2, -0.15) is 0 Å². The van der Waals surface area contributed by atoms with Gasteiger partial charge in [0.15, 0.2) is 0 Å². The minimum atomic E-state index is -0.223. The highest BCUT2D eigenvalue weighted by Gasteiger charge is 2.11. The minimum Gasteiger partial charge on any atom is -0.508 e. The van der Waals surface area contributed by atoms with Crippen molar-refractivity contribution in [1.29, 1.82) is 0 Å². The number of anilines is 1. The number of aryl methyl sites for hydroxylation is 2. The van der Waals surface area contributed by atoms with Gasteiger partial charge in [0.2, 0.25) is 0 Å². The molecule has 19 heavy (non-hydrogen) atoms. The number of amides is 1. The summed E-state index contributed by atoms with van der Waals surface area (Å²) in [7, 11) is 0. The standard InChI is InChI=1S/C15H14ClNO2/c1-9-6-13(18)7-10(2)14(9)17-15(19)11-4-3-5-12(16)8-11/h3-8,18H,1-2H3,(H,17,19). The van der Waals surface area contributed by atoms with Crippen molar-refractivity contribution in [2.75, 3.05) is 5.32 Å². The molecule has 0 aromatic heterocycles. The Balaban J connectivity index is 2.29. The van der Waals surface area contributed by atoms with Gasteiger partial charge in [0.05, 0.1) is 0 Å². The molecule has 0 aliphatic carbocycles. The van der Waals surface area contributed by atoms with Gasteiger partial charge in [-0.3, -0.25) is 4.79 Å². The second-order valence-electron chi connectivity index (χ2n) is 4.42. The van der Waals surface area contributed by atoms with E-state index in [2.05, 4.69) is 5.32 Å². The molecule has 1 amide bonds. The normalized spacial score (nSPS) is 10.3. The van der Waals surface area contributed by atoms with Crippen LogP contribution in [0.5, 0.6) is 5.75 Å². The van der Waals surface area contributed by atoms with E-state index < -0.39 is 0 Å². The lowest BCUT2D eigenvalue weighted by Gasteiger charge is -2.12.